The molecular formula is C42H33N3O6. The highest BCUT2D eigenvalue weighted by atomic mass is 16.3. The van der Waals surface area contributed by atoms with Crippen LogP contribution in [0.5, 0.6) is 34.5 Å². The van der Waals surface area contributed by atoms with Crippen molar-refractivity contribution >= 4 is 35.7 Å². The maximum Gasteiger partial charge on any atom is 0.141 e. The summed E-state index contributed by atoms with van der Waals surface area (Å²) in [6.45, 7) is 0. The van der Waals surface area contributed by atoms with E-state index in [2.05, 4.69) is 15.0 Å². The normalized spacial score (nSPS) is 12.7. The summed E-state index contributed by atoms with van der Waals surface area (Å²) in [6.07, 6.45) is 5.65. The summed E-state index contributed by atoms with van der Waals surface area (Å²) in [6, 6.07) is 30.8. The maximum absolute atomic E-state index is 11.1. The van der Waals surface area contributed by atoms with E-state index in [9.17, 15) is 30.6 Å². The summed E-state index contributed by atoms with van der Waals surface area (Å²) in [4.78, 5) is 13.5. The Bertz CT molecular complexity index is 2120. The predicted molar refractivity (Wildman–Crippen MR) is 199 cm³/mol. The largest absolute Gasteiger partial charge is 0.507 e. The molecule has 0 fully saturated rings. The maximum atomic E-state index is 11.1. The number of hydrogen-bond donors (Lipinski definition) is 6. The molecule has 0 aromatic heterocycles. The van der Waals surface area contributed by atoms with Crippen LogP contribution in [0.4, 0.5) is 17.1 Å². The van der Waals surface area contributed by atoms with E-state index in [-0.39, 0.29) is 34.5 Å². The van der Waals surface area contributed by atoms with E-state index in [4.69, 9.17) is 0 Å². The number of rotatable bonds is 6. The van der Waals surface area contributed by atoms with Crippen LogP contribution in [0.25, 0.3) is 0 Å². The van der Waals surface area contributed by atoms with Gasteiger partial charge in [-0.15, -0.1) is 0 Å². The molecule has 0 saturated carbocycles. The van der Waals surface area contributed by atoms with Gasteiger partial charge in [-0.05, 0) is 125 Å². The predicted octanol–water partition coefficient (Wildman–Crippen LogP) is 8.26. The minimum Gasteiger partial charge on any atom is -0.507 e. The molecule has 1 aliphatic rings. The molecule has 252 valence electrons. The van der Waals surface area contributed by atoms with Crippen LogP contribution < -0.4 is 0 Å². The quantitative estimate of drug-likeness (QED) is 0.0974. The molecule has 0 spiro atoms. The molecule has 0 amide bonds. The average molecular weight is 676 g/mol. The summed E-state index contributed by atoms with van der Waals surface area (Å²) in [7, 11) is 0. The number of aromatic hydroxyl groups is 6. The van der Waals surface area contributed by atoms with E-state index in [1.54, 1.807) is 109 Å². The molecule has 9 heteroatoms. The Labute approximate surface area is 293 Å². The Kier molecular flexibility index (Phi) is 8.92. The molecule has 0 radical (unpaired) electrons. The number of fused-ring (bicyclic) bond motifs is 3. The van der Waals surface area contributed by atoms with E-state index in [0.29, 0.717) is 53.0 Å². The standard InChI is InChI=1S/C42H33N3O6/c46-37-10-4-1-7-25(37)22-43-34-16-28-13-32-20-41(50)36(45-24-27-9-3-6-12-39(27)48)18-30(32)15-33-21-42(51)35(17-29(33)14-31(28)19-40(34)49)44-23-26-8-2-5-11-38(26)47/h1-12,16-24,46-51H,13-15H2. The van der Waals surface area contributed by atoms with Gasteiger partial charge in [0.2, 0.25) is 0 Å². The van der Waals surface area contributed by atoms with Gasteiger partial charge in [0.25, 0.3) is 0 Å². The number of aliphatic imine (C=N–C) groups is 3. The number of nitrogens with zero attached hydrogens (tertiary/aromatic N) is 3. The zero-order chi connectivity index (χ0) is 35.5. The number of para-hydroxylation sites is 3. The van der Waals surface area contributed by atoms with E-state index in [0.717, 1.165) is 33.4 Å². The zero-order valence-corrected chi connectivity index (χ0v) is 27.3. The first-order valence-electron chi connectivity index (χ1n) is 16.2. The molecule has 0 bridgehead atoms. The van der Waals surface area contributed by atoms with Gasteiger partial charge in [-0.25, -0.2) is 0 Å². The molecule has 7 rings (SSSR count). The summed E-state index contributed by atoms with van der Waals surface area (Å²) < 4.78 is 0. The lowest BCUT2D eigenvalue weighted by atomic mass is 9.93. The fraction of sp³-hybridized carbons (Fsp3) is 0.0714. The van der Waals surface area contributed by atoms with Gasteiger partial charge in [-0.2, -0.15) is 0 Å². The Hall–Kier alpha value is -6.87. The number of benzene rings is 6. The van der Waals surface area contributed by atoms with Crippen LogP contribution >= 0.6 is 0 Å². The van der Waals surface area contributed by atoms with Crippen molar-refractivity contribution in [3.8, 4) is 34.5 Å². The fourth-order valence-electron chi connectivity index (χ4n) is 6.11. The second-order valence-electron chi connectivity index (χ2n) is 12.3. The monoisotopic (exact) mass is 675 g/mol. The van der Waals surface area contributed by atoms with Gasteiger partial charge in [0.05, 0.1) is 0 Å². The molecule has 9 nitrogen and oxygen atoms in total. The van der Waals surface area contributed by atoms with Crippen LogP contribution in [-0.2, 0) is 19.3 Å². The van der Waals surface area contributed by atoms with Crippen LogP contribution in [-0.4, -0.2) is 49.3 Å². The van der Waals surface area contributed by atoms with Crippen LogP contribution in [0.3, 0.4) is 0 Å². The second-order valence-corrected chi connectivity index (χ2v) is 12.3. The topological polar surface area (TPSA) is 158 Å². The average Bonchev–Trinajstić information content (AvgIpc) is 3.16. The highest BCUT2D eigenvalue weighted by Gasteiger charge is 2.21. The van der Waals surface area contributed by atoms with Gasteiger partial charge in [-0.1, -0.05) is 36.4 Å². The summed E-state index contributed by atoms with van der Waals surface area (Å²) in [5.41, 5.74) is 7.41. The molecule has 0 heterocycles. The molecule has 51 heavy (non-hydrogen) atoms. The molecule has 0 saturated heterocycles. The first-order chi connectivity index (χ1) is 24.7. The summed E-state index contributed by atoms with van der Waals surface area (Å²) in [5, 5.41) is 64.1. The highest BCUT2D eigenvalue weighted by molar-refractivity contribution is 5.87. The molecule has 1 aliphatic carbocycles. The first kappa shape index (κ1) is 32.7. The minimum atomic E-state index is -0.0466. The molecule has 6 aromatic carbocycles. The van der Waals surface area contributed by atoms with Crippen molar-refractivity contribution in [2.45, 2.75) is 19.3 Å². The highest BCUT2D eigenvalue weighted by Crippen LogP contribution is 2.40. The van der Waals surface area contributed by atoms with Crippen molar-refractivity contribution in [2.24, 2.45) is 15.0 Å². The van der Waals surface area contributed by atoms with Crippen LogP contribution in [0.1, 0.15) is 50.1 Å². The third-order valence-electron chi connectivity index (χ3n) is 8.87. The fourth-order valence-corrected chi connectivity index (χ4v) is 6.11. The van der Waals surface area contributed by atoms with Crippen LogP contribution in [0.2, 0.25) is 0 Å². The van der Waals surface area contributed by atoms with Crippen molar-refractivity contribution in [1.82, 2.24) is 0 Å². The Balaban J connectivity index is 1.35. The van der Waals surface area contributed by atoms with Gasteiger partial charge >= 0.3 is 0 Å². The van der Waals surface area contributed by atoms with Gasteiger partial charge in [0.1, 0.15) is 51.6 Å². The van der Waals surface area contributed by atoms with E-state index in [1.165, 1.54) is 18.6 Å². The Morgan fingerprint density at radius 3 is 0.863 bits per heavy atom. The molecule has 0 atom stereocenters. The number of phenols is 6. The van der Waals surface area contributed by atoms with E-state index in [1.807, 2.05) is 0 Å². The number of hydrogen-bond acceptors (Lipinski definition) is 9. The van der Waals surface area contributed by atoms with Crippen molar-refractivity contribution in [1.29, 1.82) is 0 Å². The van der Waals surface area contributed by atoms with Gasteiger partial charge in [0, 0.05) is 35.3 Å². The third kappa shape index (κ3) is 7.13. The molecule has 0 aliphatic heterocycles. The van der Waals surface area contributed by atoms with Crippen LogP contribution in [0, 0.1) is 0 Å². The lowest BCUT2D eigenvalue weighted by Gasteiger charge is -2.14. The van der Waals surface area contributed by atoms with Crippen molar-refractivity contribution in [2.75, 3.05) is 0 Å². The SMILES string of the molecule is Oc1ccccc1C=Nc1cc2c(cc1O)Cc1cc(N=Cc3ccccc3O)c(O)cc1Cc1cc(N=Cc3ccccc3O)c(O)cc1C2. The zero-order valence-electron chi connectivity index (χ0n) is 27.3. The molecule has 0 unspecified atom stereocenters. The van der Waals surface area contributed by atoms with Crippen molar-refractivity contribution in [3.05, 3.63) is 159 Å². The Morgan fingerprint density at radius 2 is 0.588 bits per heavy atom. The third-order valence-corrected chi connectivity index (χ3v) is 8.87. The van der Waals surface area contributed by atoms with Crippen molar-refractivity contribution in [3.63, 3.8) is 0 Å². The first-order valence-corrected chi connectivity index (χ1v) is 16.2. The molecular weight excluding hydrogens is 642 g/mol. The van der Waals surface area contributed by atoms with E-state index >= 15 is 0 Å². The van der Waals surface area contributed by atoms with Gasteiger partial charge in [-0.3, -0.25) is 15.0 Å². The summed E-state index contributed by atoms with van der Waals surface area (Å²) in [5.74, 6) is 0.0537. The molecule has 6 aromatic rings. The minimum absolute atomic E-state index is 0.0466. The van der Waals surface area contributed by atoms with Gasteiger partial charge in [0.15, 0.2) is 0 Å². The lowest BCUT2D eigenvalue weighted by molar-refractivity contribution is 0.473. The lowest BCUT2D eigenvalue weighted by Crippen LogP contribution is -1.98. The smallest absolute Gasteiger partial charge is 0.141 e. The van der Waals surface area contributed by atoms with Crippen LogP contribution in [0.15, 0.2) is 124 Å². The summed E-state index contributed by atoms with van der Waals surface area (Å²) >= 11 is 0. The molecule has 6 N–H and O–H groups in total. The Morgan fingerprint density at radius 1 is 0.333 bits per heavy atom. The van der Waals surface area contributed by atoms with Gasteiger partial charge < -0.3 is 30.6 Å². The second kappa shape index (κ2) is 13.9. The number of phenolic OH excluding ortho intramolecular Hbond substituents is 6. The van der Waals surface area contributed by atoms with E-state index < -0.39 is 0 Å². The van der Waals surface area contributed by atoms with Crippen molar-refractivity contribution < 1.29 is 30.6 Å².